The van der Waals surface area contributed by atoms with Crippen LogP contribution in [0.25, 0.3) is 0 Å². The smallest absolute Gasteiger partial charge is 0.323 e. The molecule has 0 aliphatic carbocycles. The minimum Gasteiger partial charge on any atom is -0.480 e. The van der Waals surface area contributed by atoms with E-state index in [1.165, 1.54) is 0 Å². The number of aliphatic carboxylic acids is 1. The lowest BCUT2D eigenvalue weighted by molar-refractivity contribution is -0.144. The van der Waals surface area contributed by atoms with Gasteiger partial charge in [-0.05, 0) is 39.2 Å². The van der Waals surface area contributed by atoms with Gasteiger partial charge < -0.3 is 25.5 Å². The molecule has 0 aliphatic rings. The number of rotatable bonds is 13. The maximum Gasteiger partial charge on any atom is 0.323 e. The van der Waals surface area contributed by atoms with Crippen molar-refractivity contribution < 1.29 is 19.7 Å². The van der Waals surface area contributed by atoms with Crippen molar-refractivity contribution in [2.75, 3.05) is 33.9 Å². The molecule has 0 radical (unpaired) electrons. The average molecular weight is 302 g/mol. The highest BCUT2D eigenvalue weighted by Crippen LogP contribution is 2.19. The monoisotopic (exact) mass is 302 g/mol. The molecule has 21 heavy (non-hydrogen) atoms. The molecule has 0 heterocycles. The lowest BCUT2D eigenvalue weighted by Crippen LogP contribution is -2.48. The van der Waals surface area contributed by atoms with E-state index in [0.29, 0.717) is 25.8 Å². The van der Waals surface area contributed by atoms with Gasteiger partial charge in [-0.25, -0.2) is 0 Å². The lowest BCUT2D eigenvalue weighted by atomic mass is 9.66. The van der Waals surface area contributed by atoms with Crippen molar-refractivity contribution in [1.82, 2.24) is 4.90 Å². The van der Waals surface area contributed by atoms with Gasteiger partial charge in [-0.2, -0.15) is 0 Å². The third kappa shape index (κ3) is 9.84. The molecule has 0 aromatic rings. The normalized spacial score (nSPS) is 14.2. The number of ether oxygens (including phenoxy) is 1. The van der Waals surface area contributed by atoms with Gasteiger partial charge in [0.1, 0.15) is 5.54 Å². The number of methoxy groups -OCH3 is 1. The number of carboxylic acids is 1. The Balaban J connectivity index is 4.06. The fraction of sp³-hybridized carbons (Fsp3) is 0.929. The van der Waals surface area contributed by atoms with E-state index >= 15 is 0 Å². The molecule has 0 aromatic carbocycles. The Bertz CT molecular complexity index is 292. The summed E-state index contributed by atoms with van der Waals surface area (Å²) in [5, 5.41) is 18.5. The number of hydrogen-bond acceptors (Lipinski definition) is 5. The molecule has 0 rings (SSSR count). The Morgan fingerprint density at radius 2 is 1.90 bits per heavy atom. The average Bonchev–Trinajstić information content (AvgIpc) is 2.41. The quantitative estimate of drug-likeness (QED) is 0.346. The first-order chi connectivity index (χ1) is 9.81. The summed E-state index contributed by atoms with van der Waals surface area (Å²) >= 11 is 0. The first kappa shape index (κ1) is 20.4. The van der Waals surface area contributed by atoms with Gasteiger partial charge in [0.25, 0.3) is 6.92 Å². The lowest BCUT2D eigenvalue weighted by Gasteiger charge is -2.26. The zero-order valence-electron chi connectivity index (χ0n) is 13.7. The number of carbonyl (C=O) groups is 1. The predicted octanol–water partition coefficient (Wildman–Crippen LogP) is 0.911. The summed E-state index contributed by atoms with van der Waals surface area (Å²) in [5.74, 6) is -0.931. The van der Waals surface area contributed by atoms with Gasteiger partial charge in [-0.3, -0.25) is 4.79 Å². The maximum atomic E-state index is 11.4. The van der Waals surface area contributed by atoms with Gasteiger partial charge in [0, 0.05) is 13.7 Å². The number of unbranched alkanes of at least 4 members (excludes halogenated alkanes) is 1. The highest BCUT2D eigenvalue weighted by Gasteiger charge is 2.32. The Hall–Kier alpha value is -0.625. The van der Waals surface area contributed by atoms with E-state index in [0.717, 1.165) is 32.4 Å². The van der Waals surface area contributed by atoms with Gasteiger partial charge in [-0.15, -0.1) is 0 Å². The van der Waals surface area contributed by atoms with E-state index in [1.54, 1.807) is 13.9 Å². The Morgan fingerprint density at radius 1 is 1.29 bits per heavy atom. The van der Waals surface area contributed by atoms with E-state index in [4.69, 9.17) is 10.5 Å². The summed E-state index contributed by atoms with van der Waals surface area (Å²) in [7, 11) is 3.65. The predicted molar refractivity (Wildman–Crippen MR) is 85.7 cm³/mol. The maximum absolute atomic E-state index is 11.4. The summed E-state index contributed by atoms with van der Waals surface area (Å²) in [6.07, 6.45) is 3.89. The third-order valence-electron chi connectivity index (χ3n) is 3.76. The molecular formula is C14H31BN2O4. The largest absolute Gasteiger partial charge is 0.480 e. The molecule has 7 heteroatoms. The summed E-state index contributed by atoms with van der Waals surface area (Å²) in [4.78, 5) is 13.5. The van der Waals surface area contributed by atoms with Gasteiger partial charge in [0.15, 0.2) is 0 Å². The van der Waals surface area contributed by atoms with Crippen LogP contribution in [-0.2, 0) is 9.53 Å². The molecule has 0 fully saturated rings. The van der Waals surface area contributed by atoms with Crippen LogP contribution >= 0.6 is 0 Å². The van der Waals surface area contributed by atoms with Crippen LogP contribution < -0.4 is 5.73 Å². The van der Waals surface area contributed by atoms with Crippen LogP contribution in [0.1, 0.15) is 32.1 Å². The summed E-state index contributed by atoms with van der Waals surface area (Å²) in [6.45, 7) is 3.71. The topological polar surface area (TPSA) is 96.0 Å². The number of carboxylic acid groups (broad SMARTS) is 1. The van der Waals surface area contributed by atoms with Crippen molar-refractivity contribution in [2.24, 2.45) is 5.73 Å². The van der Waals surface area contributed by atoms with Crippen molar-refractivity contribution in [3.63, 3.8) is 0 Å². The van der Waals surface area contributed by atoms with Gasteiger partial charge in [-0.1, -0.05) is 19.7 Å². The fourth-order valence-electron chi connectivity index (χ4n) is 2.24. The van der Waals surface area contributed by atoms with Crippen molar-refractivity contribution >= 4 is 12.9 Å². The van der Waals surface area contributed by atoms with Crippen LogP contribution in [-0.4, -0.2) is 67.3 Å². The molecule has 124 valence electrons. The Kier molecular flexibility index (Phi) is 10.7. The van der Waals surface area contributed by atoms with E-state index in [9.17, 15) is 14.9 Å². The van der Waals surface area contributed by atoms with Crippen LogP contribution in [0.15, 0.2) is 0 Å². The molecule has 0 saturated carbocycles. The fourth-order valence-corrected chi connectivity index (χ4v) is 2.24. The van der Waals surface area contributed by atoms with Crippen molar-refractivity contribution in [3.8, 4) is 0 Å². The zero-order chi connectivity index (χ0) is 16.3. The number of nitrogens with zero attached hydrogens (tertiary/aromatic N) is 1. The second-order valence-electron chi connectivity index (χ2n) is 5.96. The minimum atomic E-state index is -1.15. The van der Waals surface area contributed by atoms with Crippen LogP contribution in [0.5, 0.6) is 0 Å². The highest BCUT2D eigenvalue weighted by atomic mass is 16.5. The Labute approximate surface area is 128 Å². The van der Waals surface area contributed by atoms with E-state index < -0.39 is 11.5 Å². The number of nitrogens with two attached hydrogens (primary N) is 1. The third-order valence-corrected chi connectivity index (χ3v) is 3.76. The van der Waals surface area contributed by atoms with Crippen molar-refractivity contribution in [3.05, 3.63) is 0 Å². The molecule has 0 bridgehead atoms. The van der Waals surface area contributed by atoms with Crippen LogP contribution in [0.2, 0.25) is 13.1 Å². The highest BCUT2D eigenvalue weighted by molar-refractivity contribution is 6.48. The van der Waals surface area contributed by atoms with E-state index in [2.05, 4.69) is 4.90 Å². The molecule has 6 nitrogen and oxygen atoms in total. The second-order valence-corrected chi connectivity index (χ2v) is 5.96. The molecule has 1 unspecified atom stereocenters. The second kappa shape index (κ2) is 11.0. The minimum absolute atomic E-state index is 0.337. The first-order valence-electron chi connectivity index (χ1n) is 7.69. The van der Waals surface area contributed by atoms with Gasteiger partial charge in [0.05, 0.1) is 6.61 Å². The number of hydrogen-bond donors (Lipinski definition) is 3. The van der Waals surface area contributed by atoms with Crippen LogP contribution in [0, 0.1) is 0 Å². The molecule has 0 aliphatic heterocycles. The first-order valence-corrected chi connectivity index (χ1v) is 7.69. The molecule has 0 amide bonds. The van der Waals surface area contributed by atoms with E-state index in [-0.39, 0.29) is 6.92 Å². The molecule has 0 spiro atoms. The van der Waals surface area contributed by atoms with Crippen molar-refractivity contribution in [1.29, 1.82) is 0 Å². The van der Waals surface area contributed by atoms with Crippen molar-refractivity contribution in [2.45, 2.75) is 50.8 Å². The molecule has 0 saturated heterocycles. The molecule has 1 atom stereocenters. The number of likely N-dealkylation sites (N-methyl/N-ethyl adjacent to an activating group) is 1. The van der Waals surface area contributed by atoms with Crippen LogP contribution in [0.4, 0.5) is 0 Å². The molecular weight excluding hydrogens is 271 g/mol. The molecule has 4 N–H and O–H groups in total. The summed E-state index contributed by atoms with van der Waals surface area (Å²) < 4.78 is 5.00. The standard InChI is InChI=1S/C14H31BN2O4/c1-15(20)9-5-4-7-14(16,13(18)19)8-6-10-17(2)11-12-21-3/h20H,4-12,16H2,1-3H3,(H,18,19). The Morgan fingerprint density at radius 3 is 2.43 bits per heavy atom. The van der Waals surface area contributed by atoms with Crippen LogP contribution in [0.3, 0.4) is 0 Å². The zero-order valence-corrected chi connectivity index (χ0v) is 13.7. The SMILES string of the molecule is COCCN(C)CCCC(N)(CCCCB(C)O)C(=O)O. The van der Waals surface area contributed by atoms with Gasteiger partial charge in [0.2, 0.25) is 0 Å². The molecule has 0 aromatic heterocycles. The van der Waals surface area contributed by atoms with E-state index in [1.807, 2.05) is 7.05 Å². The van der Waals surface area contributed by atoms with Gasteiger partial charge >= 0.3 is 5.97 Å². The summed E-state index contributed by atoms with van der Waals surface area (Å²) in [5.41, 5.74) is 4.89. The summed E-state index contributed by atoms with van der Waals surface area (Å²) in [6, 6.07) is 0.